The van der Waals surface area contributed by atoms with Gasteiger partial charge in [0.2, 0.25) is 11.8 Å². The SMILES string of the molecule is O=C(NO)C1CC(OC(=O)N2CCCC2)CCC1C(=O)N1CCC(c2ccccc2)CC1. The van der Waals surface area contributed by atoms with Gasteiger partial charge in [-0.05, 0) is 56.4 Å². The molecule has 0 radical (unpaired) electrons. The van der Waals surface area contributed by atoms with Gasteiger partial charge in [-0.2, -0.15) is 0 Å². The minimum absolute atomic E-state index is 0.0329. The van der Waals surface area contributed by atoms with Crippen molar-refractivity contribution in [3.05, 3.63) is 35.9 Å². The highest BCUT2D eigenvalue weighted by molar-refractivity contribution is 5.87. The first-order chi connectivity index (χ1) is 15.6. The van der Waals surface area contributed by atoms with Crippen molar-refractivity contribution < 1.29 is 24.3 Å². The van der Waals surface area contributed by atoms with Gasteiger partial charge < -0.3 is 14.5 Å². The van der Waals surface area contributed by atoms with E-state index >= 15 is 0 Å². The van der Waals surface area contributed by atoms with Gasteiger partial charge in [-0.3, -0.25) is 14.8 Å². The summed E-state index contributed by atoms with van der Waals surface area (Å²) >= 11 is 0. The zero-order valence-corrected chi connectivity index (χ0v) is 18.4. The average molecular weight is 444 g/mol. The molecule has 2 saturated heterocycles. The summed E-state index contributed by atoms with van der Waals surface area (Å²) in [6, 6.07) is 10.4. The van der Waals surface area contributed by atoms with E-state index in [1.165, 1.54) is 5.56 Å². The minimum atomic E-state index is -0.704. The normalized spacial score (nSPS) is 26.6. The van der Waals surface area contributed by atoms with Crippen molar-refractivity contribution in [1.82, 2.24) is 15.3 Å². The lowest BCUT2D eigenvalue weighted by atomic mass is 9.76. The Morgan fingerprint density at radius 3 is 2.22 bits per heavy atom. The van der Waals surface area contributed by atoms with Crippen LogP contribution in [0.4, 0.5) is 4.79 Å². The number of hydrogen-bond acceptors (Lipinski definition) is 5. The molecule has 2 aliphatic heterocycles. The Kier molecular flexibility index (Phi) is 7.29. The summed E-state index contributed by atoms with van der Waals surface area (Å²) in [5.74, 6) is -1.38. The van der Waals surface area contributed by atoms with Crippen LogP contribution in [0.15, 0.2) is 30.3 Å². The average Bonchev–Trinajstić information content (AvgIpc) is 3.39. The highest BCUT2D eigenvalue weighted by Gasteiger charge is 2.43. The molecule has 2 N–H and O–H groups in total. The number of rotatable bonds is 4. The van der Waals surface area contributed by atoms with Crippen LogP contribution in [0.5, 0.6) is 0 Å². The fourth-order valence-electron chi connectivity index (χ4n) is 5.42. The molecule has 8 nitrogen and oxygen atoms in total. The van der Waals surface area contributed by atoms with E-state index in [-0.39, 0.29) is 18.4 Å². The van der Waals surface area contributed by atoms with Gasteiger partial charge in [0, 0.05) is 26.2 Å². The molecule has 3 unspecified atom stereocenters. The predicted molar refractivity (Wildman–Crippen MR) is 117 cm³/mol. The Labute approximate surface area is 188 Å². The molecule has 3 aliphatic rings. The Bertz CT molecular complexity index is 803. The monoisotopic (exact) mass is 443 g/mol. The third-order valence-electron chi connectivity index (χ3n) is 7.28. The summed E-state index contributed by atoms with van der Waals surface area (Å²) in [7, 11) is 0. The molecule has 4 rings (SSSR count). The summed E-state index contributed by atoms with van der Waals surface area (Å²) in [6.45, 7) is 2.73. The van der Waals surface area contributed by atoms with Gasteiger partial charge >= 0.3 is 6.09 Å². The van der Waals surface area contributed by atoms with Gasteiger partial charge in [-0.1, -0.05) is 30.3 Å². The molecule has 3 atom stereocenters. The molecule has 1 aromatic rings. The van der Waals surface area contributed by atoms with Crippen molar-refractivity contribution in [1.29, 1.82) is 0 Å². The largest absolute Gasteiger partial charge is 0.446 e. The van der Waals surface area contributed by atoms with E-state index in [9.17, 15) is 19.6 Å². The van der Waals surface area contributed by atoms with Crippen LogP contribution < -0.4 is 5.48 Å². The second-order valence-corrected chi connectivity index (χ2v) is 9.21. The van der Waals surface area contributed by atoms with Crippen LogP contribution in [0.25, 0.3) is 0 Å². The van der Waals surface area contributed by atoms with Gasteiger partial charge in [0.05, 0.1) is 11.8 Å². The first kappa shape index (κ1) is 22.6. The van der Waals surface area contributed by atoms with Gasteiger partial charge in [-0.25, -0.2) is 10.3 Å². The molecule has 2 heterocycles. The number of carbonyl (C=O) groups excluding carboxylic acids is 3. The molecule has 0 aromatic heterocycles. The summed E-state index contributed by atoms with van der Waals surface area (Å²) < 4.78 is 5.64. The first-order valence-electron chi connectivity index (χ1n) is 11.8. The van der Waals surface area contributed by atoms with Crippen LogP contribution in [0, 0.1) is 11.8 Å². The Balaban J connectivity index is 1.35. The highest BCUT2D eigenvalue weighted by Crippen LogP contribution is 2.36. The van der Waals surface area contributed by atoms with Crippen LogP contribution in [-0.4, -0.2) is 65.2 Å². The minimum Gasteiger partial charge on any atom is -0.446 e. The Hall–Kier alpha value is -2.61. The smallest absolute Gasteiger partial charge is 0.410 e. The number of nitrogens with zero attached hydrogens (tertiary/aromatic N) is 2. The molecule has 1 saturated carbocycles. The third kappa shape index (κ3) is 5.06. The van der Waals surface area contributed by atoms with Crippen LogP contribution in [0.2, 0.25) is 0 Å². The number of hydroxylamine groups is 1. The van der Waals surface area contributed by atoms with Crippen molar-refractivity contribution in [2.45, 2.75) is 57.0 Å². The maximum atomic E-state index is 13.3. The lowest BCUT2D eigenvalue weighted by molar-refractivity contribution is -0.149. The zero-order valence-electron chi connectivity index (χ0n) is 18.4. The van der Waals surface area contributed by atoms with Gasteiger partial charge in [0.15, 0.2) is 0 Å². The van der Waals surface area contributed by atoms with E-state index in [1.807, 2.05) is 23.1 Å². The van der Waals surface area contributed by atoms with Crippen LogP contribution >= 0.6 is 0 Å². The maximum Gasteiger partial charge on any atom is 0.410 e. The second kappa shape index (κ2) is 10.3. The van der Waals surface area contributed by atoms with E-state index in [1.54, 1.807) is 10.4 Å². The third-order valence-corrected chi connectivity index (χ3v) is 7.28. The number of carbonyl (C=O) groups is 3. The molecular formula is C24H33N3O5. The number of likely N-dealkylation sites (tertiary alicyclic amines) is 2. The number of benzene rings is 1. The number of ether oxygens (including phenoxy) is 1. The molecule has 3 fully saturated rings. The fourth-order valence-corrected chi connectivity index (χ4v) is 5.42. The highest BCUT2D eigenvalue weighted by atomic mass is 16.6. The Morgan fingerprint density at radius 2 is 1.56 bits per heavy atom. The molecular weight excluding hydrogens is 410 g/mol. The van der Waals surface area contributed by atoms with E-state index in [0.29, 0.717) is 44.9 Å². The fraction of sp³-hybridized carbons (Fsp3) is 0.625. The zero-order chi connectivity index (χ0) is 22.5. The predicted octanol–water partition coefficient (Wildman–Crippen LogP) is 2.92. The van der Waals surface area contributed by atoms with Crippen molar-refractivity contribution >= 4 is 17.9 Å². The molecule has 8 heteroatoms. The van der Waals surface area contributed by atoms with E-state index in [0.717, 1.165) is 25.7 Å². The molecule has 0 spiro atoms. The lowest BCUT2D eigenvalue weighted by Gasteiger charge is -2.39. The number of hydrogen-bond donors (Lipinski definition) is 2. The quantitative estimate of drug-likeness (QED) is 0.551. The number of nitrogens with one attached hydrogen (secondary N) is 1. The van der Waals surface area contributed by atoms with Crippen molar-refractivity contribution in [2.75, 3.05) is 26.2 Å². The molecule has 174 valence electrons. The molecule has 1 aliphatic carbocycles. The van der Waals surface area contributed by atoms with Gasteiger partial charge in [-0.15, -0.1) is 0 Å². The second-order valence-electron chi connectivity index (χ2n) is 9.21. The topological polar surface area (TPSA) is 99.2 Å². The molecule has 1 aromatic carbocycles. The van der Waals surface area contributed by atoms with E-state index in [4.69, 9.17) is 4.74 Å². The van der Waals surface area contributed by atoms with E-state index < -0.39 is 23.8 Å². The van der Waals surface area contributed by atoms with Gasteiger partial charge in [0.25, 0.3) is 0 Å². The van der Waals surface area contributed by atoms with Gasteiger partial charge in [0.1, 0.15) is 6.10 Å². The molecule has 0 bridgehead atoms. The number of piperidine rings is 1. The van der Waals surface area contributed by atoms with E-state index in [2.05, 4.69) is 12.1 Å². The summed E-state index contributed by atoms with van der Waals surface area (Å²) in [4.78, 5) is 41.6. The first-order valence-corrected chi connectivity index (χ1v) is 11.8. The maximum absolute atomic E-state index is 13.3. The van der Waals surface area contributed by atoms with Crippen molar-refractivity contribution in [3.8, 4) is 0 Å². The lowest BCUT2D eigenvalue weighted by Crippen LogP contribution is -2.49. The van der Waals surface area contributed by atoms with Crippen LogP contribution in [0.3, 0.4) is 0 Å². The molecule has 32 heavy (non-hydrogen) atoms. The standard InChI is InChI=1S/C24H33N3O5/c28-22(25-31)21-16-19(32-24(30)27-12-4-5-13-27)8-9-20(21)23(29)26-14-10-18(11-15-26)17-6-2-1-3-7-17/h1-3,6-7,18-21,31H,4-5,8-16H2,(H,25,28). The van der Waals surface area contributed by atoms with Crippen LogP contribution in [0.1, 0.15) is 56.4 Å². The summed E-state index contributed by atoms with van der Waals surface area (Å²) in [5, 5.41) is 9.26. The van der Waals surface area contributed by atoms with Crippen LogP contribution in [-0.2, 0) is 14.3 Å². The van der Waals surface area contributed by atoms with Crippen molar-refractivity contribution in [3.63, 3.8) is 0 Å². The number of amides is 3. The Morgan fingerprint density at radius 1 is 0.875 bits per heavy atom. The summed E-state index contributed by atoms with van der Waals surface area (Å²) in [6.07, 6.45) is 4.26. The molecule has 3 amide bonds. The summed E-state index contributed by atoms with van der Waals surface area (Å²) in [5.41, 5.74) is 3.02. The van der Waals surface area contributed by atoms with Crippen molar-refractivity contribution in [2.24, 2.45) is 11.8 Å².